The van der Waals surface area contributed by atoms with E-state index in [0.717, 1.165) is 12.7 Å². The molecule has 0 spiro atoms. The third-order valence-electron chi connectivity index (χ3n) is 9.85. The predicted octanol–water partition coefficient (Wildman–Crippen LogP) is 1.50. The number of hydrogen-bond donors (Lipinski definition) is 4. The molecule has 3 fully saturated rings. The fraction of sp³-hybridized carbons (Fsp3) is 0.727. The predicted molar refractivity (Wildman–Crippen MR) is 173 cm³/mol. The van der Waals surface area contributed by atoms with Crippen LogP contribution in [0.5, 0.6) is 0 Å². The van der Waals surface area contributed by atoms with E-state index in [4.69, 9.17) is 12.8 Å². The summed E-state index contributed by atoms with van der Waals surface area (Å²) in [6.45, 7) is 9.68. The van der Waals surface area contributed by atoms with Crippen LogP contribution in [0.25, 0.3) is 0 Å². The number of hydrogen-bond acceptors (Lipinski definition) is 7. The number of nitrogens with one attached hydrogen (secondary N) is 4. The summed E-state index contributed by atoms with van der Waals surface area (Å²) < 4.78 is 25.5. The summed E-state index contributed by atoms with van der Waals surface area (Å²) >= 11 is 0. The molecule has 2 aliphatic carbocycles. The van der Waals surface area contributed by atoms with Gasteiger partial charge in [0.1, 0.15) is 17.0 Å². The average molecular weight is 660 g/mol. The number of Topliss-reactive ketones (excluding diaryl/α,β-unsaturated/α-hetero) is 1. The number of rotatable bonds is 12. The fourth-order valence-corrected chi connectivity index (χ4v) is 8.27. The molecule has 2 saturated carbocycles. The summed E-state index contributed by atoms with van der Waals surface area (Å²) in [5, 5.41) is 10.6. The first-order valence-corrected chi connectivity index (χ1v) is 17.8. The van der Waals surface area contributed by atoms with Gasteiger partial charge in [-0.05, 0) is 41.9 Å². The zero-order chi connectivity index (χ0) is 34.7. The van der Waals surface area contributed by atoms with Crippen LogP contribution in [0, 0.1) is 47.4 Å². The lowest BCUT2D eigenvalue weighted by molar-refractivity contribution is -0.145. The standard InChI is InChI=1S/C33H49N5O7S/c1-9-11-16-22(25(39)28(41)34-19-12-10-2)35-27(40)24-23-21(32(23,6)7)20-38(24)29(42)26(31(3,4)5)36-30(43)37-33(46(8,44)45)17-14-13-15-18-33/h1-2,21-24,26H,11-20H2,3-8H3,(H,34,41)(H,35,40)(H2,36,37,43)/t21?,22?,23-,24-,26+/m0/s1. The molecule has 0 aromatic rings. The monoisotopic (exact) mass is 659 g/mol. The molecule has 0 bridgehead atoms. The Kier molecular flexibility index (Phi) is 11.3. The number of piperidine rings is 1. The molecule has 46 heavy (non-hydrogen) atoms. The highest BCUT2D eigenvalue weighted by molar-refractivity contribution is 7.92. The summed E-state index contributed by atoms with van der Waals surface area (Å²) in [6, 6.07) is -4.06. The molecule has 2 unspecified atom stereocenters. The minimum absolute atomic E-state index is 0.00399. The van der Waals surface area contributed by atoms with Gasteiger partial charge in [0.25, 0.3) is 5.91 Å². The van der Waals surface area contributed by atoms with Crippen molar-refractivity contribution in [2.75, 3.05) is 19.3 Å². The average Bonchev–Trinajstić information content (AvgIpc) is 3.28. The van der Waals surface area contributed by atoms with Gasteiger partial charge in [-0.25, -0.2) is 13.2 Å². The summed E-state index contributed by atoms with van der Waals surface area (Å²) in [5.74, 6) is 1.74. The number of fused-ring (bicyclic) bond motifs is 1. The Labute approximate surface area is 273 Å². The third-order valence-corrected chi connectivity index (χ3v) is 11.8. The molecular weight excluding hydrogens is 610 g/mol. The van der Waals surface area contributed by atoms with Crippen LogP contribution in [0.4, 0.5) is 4.79 Å². The van der Waals surface area contributed by atoms with Crippen molar-refractivity contribution in [1.29, 1.82) is 0 Å². The molecule has 1 aliphatic heterocycles. The molecule has 254 valence electrons. The maximum absolute atomic E-state index is 14.2. The van der Waals surface area contributed by atoms with Gasteiger partial charge in [-0.15, -0.1) is 24.7 Å². The van der Waals surface area contributed by atoms with Crippen molar-refractivity contribution >= 4 is 39.4 Å². The Morgan fingerprint density at radius 2 is 1.59 bits per heavy atom. The van der Waals surface area contributed by atoms with E-state index < -0.39 is 67.8 Å². The number of sulfone groups is 1. The summed E-state index contributed by atoms with van der Waals surface area (Å²) in [7, 11) is -3.66. The summed E-state index contributed by atoms with van der Waals surface area (Å²) in [6.07, 6.45) is 14.8. The van der Waals surface area contributed by atoms with Crippen molar-refractivity contribution in [2.24, 2.45) is 22.7 Å². The molecule has 3 rings (SSSR count). The van der Waals surface area contributed by atoms with Crippen LogP contribution in [0.3, 0.4) is 0 Å². The number of urea groups is 1. The first-order valence-electron chi connectivity index (χ1n) is 15.9. The van der Waals surface area contributed by atoms with Crippen LogP contribution in [-0.4, -0.2) is 85.2 Å². The van der Waals surface area contributed by atoms with Gasteiger partial charge in [0.05, 0.1) is 6.04 Å². The first-order chi connectivity index (χ1) is 21.3. The van der Waals surface area contributed by atoms with Crippen molar-refractivity contribution in [1.82, 2.24) is 26.2 Å². The second-order valence-corrected chi connectivity index (χ2v) is 16.8. The number of carbonyl (C=O) groups excluding carboxylic acids is 5. The van der Waals surface area contributed by atoms with Crippen LogP contribution >= 0.6 is 0 Å². The van der Waals surface area contributed by atoms with Crippen LogP contribution in [0.15, 0.2) is 0 Å². The van der Waals surface area contributed by atoms with Crippen molar-refractivity contribution in [3.8, 4) is 24.7 Å². The molecule has 4 N–H and O–H groups in total. The molecule has 0 aromatic heterocycles. The zero-order valence-electron chi connectivity index (χ0n) is 27.8. The Bertz CT molecular complexity index is 1410. The maximum Gasteiger partial charge on any atom is 0.316 e. The fourth-order valence-electron chi connectivity index (χ4n) is 6.96. The molecule has 3 aliphatic rings. The van der Waals surface area contributed by atoms with Gasteiger partial charge >= 0.3 is 6.03 Å². The van der Waals surface area contributed by atoms with Crippen molar-refractivity contribution in [3.63, 3.8) is 0 Å². The minimum atomic E-state index is -3.66. The number of nitrogens with zero attached hydrogens (tertiary/aromatic N) is 1. The van der Waals surface area contributed by atoms with Crippen LogP contribution < -0.4 is 21.3 Å². The first kappa shape index (κ1) is 36.9. The molecule has 1 heterocycles. The number of amides is 5. The van der Waals surface area contributed by atoms with Crippen LogP contribution in [0.1, 0.15) is 86.0 Å². The molecule has 13 heteroatoms. The topological polar surface area (TPSA) is 171 Å². The highest BCUT2D eigenvalue weighted by Crippen LogP contribution is 2.65. The van der Waals surface area contributed by atoms with E-state index in [1.54, 1.807) is 20.8 Å². The Morgan fingerprint density at radius 3 is 2.13 bits per heavy atom. The van der Waals surface area contributed by atoms with E-state index >= 15 is 0 Å². The highest BCUT2D eigenvalue weighted by Gasteiger charge is 2.70. The quantitative estimate of drug-likeness (QED) is 0.140. The lowest BCUT2D eigenvalue weighted by Gasteiger charge is -2.40. The van der Waals surface area contributed by atoms with E-state index in [-0.39, 0.29) is 62.4 Å². The molecule has 12 nitrogen and oxygen atoms in total. The van der Waals surface area contributed by atoms with E-state index in [9.17, 15) is 32.4 Å². The third kappa shape index (κ3) is 7.86. The van der Waals surface area contributed by atoms with Gasteiger partial charge in [0.2, 0.25) is 17.6 Å². The molecule has 5 amide bonds. The van der Waals surface area contributed by atoms with E-state index in [2.05, 4.69) is 33.1 Å². The largest absolute Gasteiger partial charge is 0.348 e. The van der Waals surface area contributed by atoms with Gasteiger partial charge < -0.3 is 26.2 Å². The summed E-state index contributed by atoms with van der Waals surface area (Å²) in [4.78, 5) is 67.1. The number of terminal acetylenes is 2. The lowest BCUT2D eigenvalue weighted by atomic mass is 9.85. The van der Waals surface area contributed by atoms with Gasteiger partial charge in [0.15, 0.2) is 9.84 Å². The Balaban J connectivity index is 1.85. The second-order valence-electron chi connectivity index (χ2n) is 14.5. The van der Waals surface area contributed by atoms with Crippen molar-refractivity contribution < 1.29 is 32.4 Å². The van der Waals surface area contributed by atoms with Gasteiger partial charge in [-0.3, -0.25) is 19.2 Å². The van der Waals surface area contributed by atoms with Crippen molar-refractivity contribution in [3.05, 3.63) is 0 Å². The van der Waals surface area contributed by atoms with E-state index in [0.29, 0.717) is 12.8 Å². The van der Waals surface area contributed by atoms with Gasteiger partial charge in [-0.1, -0.05) is 53.9 Å². The maximum atomic E-state index is 14.2. The molecular formula is C33H49N5O7S. The second kappa shape index (κ2) is 14.0. The SMILES string of the molecule is C#CCCNC(=O)C(=O)C(CCC#C)NC(=O)[C@@H]1[C@@H]2C(CN1C(=O)[C@@H](NC(=O)NC1(S(C)(=O)=O)CCCCC1)C(C)(C)C)C2(C)C. The lowest BCUT2D eigenvalue weighted by Crippen LogP contribution is -2.64. The highest BCUT2D eigenvalue weighted by atomic mass is 32.2. The Hall–Kier alpha value is -3.58. The molecule has 0 aromatic carbocycles. The van der Waals surface area contributed by atoms with Gasteiger partial charge in [0, 0.05) is 32.2 Å². The number of ketones is 1. The molecule has 1 saturated heterocycles. The van der Waals surface area contributed by atoms with Gasteiger partial charge in [-0.2, -0.15) is 0 Å². The van der Waals surface area contributed by atoms with E-state index in [1.165, 1.54) is 4.90 Å². The summed E-state index contributed by atoms with van der Waals surface area (Å²) in [5.41, 5.74) is -1.07. The molecule has 5 atom stereocenters. The normalized spacial score (nSPS) is 24.2. The molecule has 0 radical (unpaired) electrons. The van der Waals surface area contributed by atoms with Crippen molar-refractivity contribution in [2.45, 2.75) is 109 Å². The smallest absolute Gasteiger partial charge is 0.316 e. The van der Waals surface area contributed by atoms with E-state index in [1.807, 2.05) is 13.8 Å². The Morgan fingerprint density at radius 1 is 0.978 bits per heavy atom. The number of likely N-dealkylation sites (tertiary alicyclic amines) is 1. The zero-order valence-corrected chi connectivity index (χ0v) is 28.6. The number of carbonyl (C=O) groups is 5. The van der Waals surface area contributed by atoms with Crippen LogP contribution in [-0.2, 0) is 29.0 Å². The minimum Gasteiger partial charge on any atom is -0.348 e. The van der Waals surface area contributed by atoms with Crippen LogP contribution in [0.2, 0.25) is 0 Å².